The van der Waals surface area contributed by atoms with Gasteiger partial charge in [0.25, 0.3) is 11.1 Å². The largest absolute Gasteiger partial charge is 0.472 e. The van der Waals surface area contributed by atoms with Gasteiger partial charge in [0.15, 0.2) is 0 Å². The van der Waals surface area contributed by atoms with Gasteiger partial charge in [0.05, 0.1) is 5.69 Å². The Bertz CT molecular complexity index is 1420. The van der Waals surface area contributed by atoms with Crippen molar-refractivity contribution in [3.63, 3.8) is 0 Å². The number of aromatic nitrogens is 4. The number of benzene rings is 1. The number of nitrogens with zero attached hydrogens (tertiary/aromatic N) is 3. The van der Waals surface area contributed by atoms with Gasteiger partial charge in [0.2, 0.25) is 20.9 Å². The van der Waals surface area contributed by atoms with Crippen molar-refractivity contribution >= 4 is 25.8 Å². The number of halogens is 3. The molecule has 0 unspecified atom stereocenters. The van der Waals surface area contributed by atoms with E-state index in [-0.39, 0.29) is 39.7 Å². The molecule has 164 valence electrons. The second-order valence-corrected chi connectivity index (χ2v) is 9.24. The van der Waals surface area contributed by atoms with Crippen molar-refractivity contribution in [3.05, 3.63) is 72.1 Å². The minimum atomic E-state index is -3.77. The Hall–Kier alpha value is -2.93. The Morgan fingerprint density at radius 1 is 1.19 bits per heavy atom. The molecule has 0 aliphatic rings. The average Bonchev–Trinajstić information content (AvgIpc) is 2.66. The summed E-state index contributed by atoms with van der Waals surface area (Å²) in [5.41, 5.74) is -1.76. The third kappa shape index (κ3) is 4.56. The number of hydrogen-bond acceptors (Lipinski definition) is 7. The number of sulfone groups is 1. The highest BCUT2D eigenvalue weighted by Gasteiger charge is 2.22. The van der Waals surface area contributed by atoms with Crippen LogP contribution in [0.25, 0.3) is 5.69 Å². The number of aromatic amines is 1. The summed E-state index contributed by atoms with van der Waals surface area (Å²) in [6.45, 7) is 2.47. The number of H-pyrrole nitrogens is 1. The monoisotopic (exact) mass is 516 g/mol. The summed E-state index contributed by atoms with van der Waals surface area (Å²) in [6.07, 6.45) is 0.885. The van der Waals surface area contributed by atoms with Gasteiger partial charge in [0.1, 0.15) is 34.2 Å². The number of aryl methyl sites for hydroxylation is 2. The molecule has 2 heterocycles. The molecular formula is C18H15BrF2N4O5S. The van der Waals surface area contributed by atoms with E-state index in [1.165, 1.54) is 19.9 Å². The van der Waals surface area contributed by atoms with Gasteiger partial charge in [-0.25, -0.2) is 22.2 Å². The molecule has 0 fully saturated rings. The van der Waals surface area contributed by atoms with E-state index in [2.05, 4.69) is 30.9 Å². The lowest BCUT2D eigenvalue weighted by molar-refractivity contribution is 0.283. The Morgan fingerprint density at radius 2 is 1.87 bits per heavy atom. The van der Waals surface area contributed by atoms with Crippen molar-refractivity contribution in [1.82, 2.24) is 19.5 Å². The zero-order valence-corrected chi connectivity index (χ0v) is 18.8. The SMILES string of the molecule is Cc1nc(S(C)(=O)=O)[nH]c(=O)c1-n1c(C)nc(OCc2ccc(F)cc2F)c(Br)c1=O. The zero-order valence-electron chi connectivity index (χ0n) is 16.4. The summed E-state index contributed by atoms with van der Waals surface area (Å²) >= 11 is 3.06. The minimum absolute atomic E-state index is 0.00914. The summed E-state index contributed by atoms with van der Waals surface area (Å²) in [7, 11) is -3.77. The molecule has 13 heteroatoms. The molecule has 0 aliphatic heterocycles. The highest BCUT2D eigenvalue weighted by Crippen LogP contribution is 2.22. The molecule has 1 aromatic carbocycles. The van der Waals surface area contributed by atoms with Crippen LogP contribution in [-0.2, 0) is 16.4 Å². The van der Waals surface area contributed by atoms with Crippen LogP contribution in [0.5, 0.6) is 5.88 Å². The maximum absolute atomic E-state index is 13.8. The summed E-state index contributed by atoms with van der Waals surface area (Å²) < 4.78 is 56.3. The molecule has 0 saturated heterocycles. The normalized spacial score (nSPS) is 11.5. The first-order valence-electron chi connectivity index (χ1n) is 8.57. The summed E-state index contributed by atoms with van der Waals surface area (Å²) in [5, 5.41) is -0.530. The van der Waals surface area contributed by atoms with Crippen LogP contribution in [-0.4, -0.2) is 34.2 Å². The van der Waals surface area contributed by atoms with E-state index in [0.29, 0.717) is 6.07 Å². The fourth-order valence-electron chi connectivity index (χ4n) is 2.72. The maximum atomic E-state index is 13.8. The van der Waals surface area contributed by atoms with Crippen molar-refractivity contribution < 1.29 is 21.9 Å². The lowest BCUT2D eigenvalue weighted by atomic mass is 10.2. The van der Waals surface area contributed by atoms with Crippen LogP contribution in [0, 0.1) is 25.5 Å². The van der Waals surface area contributed by atoms with Gasteiger partial charge in [-0.1, -0.05) is 0 Å². The second kappa shape index (κ2) is 8.30. The molecule has 31 heavy (non-hydrogen) atoms. The number of rotatable bonds is 5. The van der Waals surface area contributed by atoms with Crippen LogP contribution in [0.4, 0.5) is 8.78 Å². The van der Waals surface area contributed by atoms with E-state index in [4.69, 9.17) is 4.74 Å². The fourth-order valence-corrected chi connectivity index (χ4v) is 3.68. The van der Waals surface area contributed by atoms with Gasteiger partial charge >= 0.3 is 0 Å². The first-order chi connectivity index (χ1) is 14.4. The van der Waals surface area contributed by atoms with Gasteiger partial charge in [0, 0.05) is 17.9 Å². The fraction of sp³-hybridized carbons (Fsp3) is 0.222. The molecule has 9 nitrogen and oxygen atoms in total. The van der Waals surface area contributed by atoms with Crippen LogP contribution in [0.3, 0.4) is 0 Å². The molecule has 0 spiro atoms. The van der Waals surface area contributed by atoms with Crippen LogP contribution < -0.4 is 15.9 Å². The van der Waals surface area contributed by atoms with Crippen molar-refractivity contribution in [2.24, 2.45) is 0 Å². The van der Waals surface area contributed by atoms with Crippen LogP contribution in [0.1, 0.15) is 17.1 Å². The van der Waals surface area contributed by atoms with Crippen molar-refractivity contribution in [1.29, 1.82) is 0 Å². The minimum Gasteiger partial charge on any atom is -0.472 e. The predicted octanol–water partition coefficient (Wildman–Crippen LogP) is 1.96. The Kier molecular flexibility index (Phi) is 6.09. The predicted molar refractivity (Wildman–Crippen MR) is 109 cm³/mol. The topological polar surface area (TPSA) is 124 Å². The summed E-state index contributed by atoms with van der Waals surface area (Å²) in [4.78, 5) is 35.5. The van der Waals surface area contributed by atoms with E-state index in [1.807, 2.05) is 0 Å². The van der Waals surface area contributed by atoms with Gasteiger partial charge in [-0.15, -0.1) is 0 Å². The van der Waals surface area contributed by atoms with E-state index in [0.717, 1.165) is 16.9 Å². The molecule has 0 bridgehead atoms. The molecule has 2 aromatic heterocycles. The second-order valence-electron chi connectivity index (χ2n) is 6.52. The van der Waals surface area contributed by atoms with Gasteiger partial charge in [-0.3, -0.25) is 19.1 Å². The van der Waals surface area contributed by atoms with E-state index < -0.39 is 37.7 Å². The average molecular weight is 517 g/mol. The van der Waals surface area contributed by atoms with Crippen molar-refractivity contribution in [2.75, 3.05) is 6.26 Å². The van der Waals surface area contributed by atoms with Crippen LogP contribution >= 0.6 is 15.9 Å². The first-order valence-corrected chi connectivity index (χ1v) is 11.3. The maximum Gasteiger partial charge on any atom is 0.276 e. The summed E-state index contributed by atoms with van der Waals surface area (Å²) in [5.74, 6) is -1.70. The lowest BCUT2D eigenvalue weighted by Gasteiger charge is -2.14. The first kappa shape index (κ1) is 22.7. The zero-order chi connectivity index (χ0) is 23.1. The molecule has 3 aromatic rings. The van der Waals surface area contributed by atoms with Crippen LogP contribution in [0.15, 0.2) is 37.4 Å². The summed E-state index contributed by atoms with van der Waals surface area (Å²) in [6, 6.07) is 2.97. The highest BCUT2D eigenvalue weighted by atomic mass is 79.9. The van der Waals surface area contributed by atoms with Gasteiger partial charge in [-0.05, 0) is 41.9 Å². The molecule has 0 radical (unpaired) electrons. The molecule has 1 N–H and O–H groups in total. The molecule has 0 saturated carbocycles. The lowest BCUT2D eigenvalue weighted by Crippen LogP contribution is -2.31. The quantitative estimate of drug-likeness (QED) is 0.514. The number of hydrogen-bond donors (Lipinski definition) is 1. The molecule has 0 aliphatic carbocycles. The number of nitrogens with one attached hydrogen (secondary N) is 1. The highest BCUT2D eigenvalue weighted by molar-refractivity contribution is 9.10. The number of ether oxygens (including phenoxy) is 1. The standard InChI is InChI=1S/C18H15BrF2N4O5S/c1-8-14(15(26)24-18(22-8)31(3,28)29)25-9(2)23-16(13(19)17(25)27)30-7-10-4-5-11(20)6-12(10)21/h4-6H,7H2,1-3H3,(H,22,24,26). The molecular weight excluding hydrogens is 502 g/mol. The Balaban J connectivity index is 2.05. The molecule has 0 atom stereocenters. The van der Waals surface area contributed by atoms with Crippen LogP contribution in [0.2, 0.25) is 0 Å². The van der Waals surface area contributed by atoms with Gasteiger partial charge in [-0.2, -0.15) is 4.98 Å². The third-order valence-electron chi connectivity index (χ3n) is 4.17. The third-order valence-corrected chi connectivity index (χ3v) is 5.74. The molecule has 3 rings (SSSR count). The van der Waals surface area contributed by atoms with Crippen molar-refractivity contribution in [3.8, 4) is 11.6 Å². The molecule has 0 amide bonds. The van der Waals surface area contributed by atoms with E-state index in [9.17, 15) is 26.8 Å². The van der Waals surface area contributed by atoms with Gasteiger partial charge < -0.3 is 4.74 Å². The van der Waals surface area contributed by atoms with Crippen molar-refractivity contribution in [2.45, 2.75) is 25.6 Å². The Morgan fingerprint density at radius 3 is 2.45 bits per heavy atom. The smallest absolute Gasteiger partial charge is 0.276 e. The van der Waals surface area contributed by atoms with E-state index >= 15 is 0 Å². The van der Waals surface area contributed by atoms with E-state index in [1.54, 1.807) is 0 Å². The Labute approximate surface area is 182 Å².